The van der Waals surface area contributed by atoms with E-state index in [1.54, 1.807) is 36.4 Å². The zero-order valence-electron chi connectivity index (χ0n) is 10.9. The first kappa shape index (κ1) is 13.5. The van der Waals surface area contributed by atoms with Gasteiger partial charge in [-0.05, 0) is 18.2 Å². The highest BCUT2D eigenvalue weighted by molar-refractivity contribution is 7.82. The lowest BCUT2D eigenvalue weighted by Gasteiger charge is -2.22. The van der Waals surface area contributed by atoms with Crippen LogP contribution in [-0.2, 0) is 15.8 Å². The monoisotopic (exact) mass is 300 g/mol. The molecule has 0 spiro atoms. The fourth-order valence-corrected chi connectivity index (χ4v) is 3.03. The molecular weight excluding hydrogens is 288 g/mol. The van der Waals surface area contributed by atoms with Gasteiger partial charge in [-0.25, -0.2) is 4.21 Å². The highest BCUT2D eigenvalue weighted by Gasteiger charge is 2.26. The first-order valence-corrected chi connectivity index (χ1v) is 7.35. The minimum Gasteiger partial charge on any atom is -0.322 e. The van der Waals surface area contributed by atoms with E-state index in [4.69, 9.17) is 0 Å². The zero-order valence-corrected chi connectivity index (χ0v) is 11.7. The molecule has 0 radical (unpaired) electrons. The minimum absolute atomic E-state index is 0.261. The Morgan fingerprint density at radius 1 is 1.05 bits per heavy atom. The third-order valence-electron chi connectivity index (χ3n) is 3.05. The average Bonchev–Trinajstić information content (AvgIpc) is 2.52. The number of carbonyl (C=O) groups excluding carboxylic acids is 1. The van der Waals surface area contributed by atoms with Gasteiger partial charge in [-0.15, -0.1) is 0 Å². The number of carbonyl (C=O) groups is 1. The van der Waals surface area contributed by atoms with Crippen LogP contribution in [0.1, 0.15) is 5.56 Å². The number of nitrogens with one attached hydrogen (secondary N) is 1. The van der Waals surface area contributed by atoms with E-state index < -0.39 is 11.0 Å². The van der Waals surface area contributed by atoms with E-state index in [9.17, 15) is 14.2 Å². The molecule has 3 rings (SSSR count). The molecular formula is C15H12N2O3S. The first-order chi connectivity index (χ1) is 10.2. The Morgan fingerprint density at radius 2 is 1.71 bits per heavy atom. The van der Waals surface area contributed by atoms with Gasteiger partial charge >= 0.3 is 0 Å². The van der Waals surface area contributed by atoms with Gasteiger partial charge in [0.15, 0.2) is 11.0 Å². The number of hydrogen-bond acceptors (Lipinski definition) is 3. The number of rotatable bonds is 2. The molecule has 5 nitrogen and oxygen atoms in total. The summed E-state index contributed by atoms with van der Waals surface area (Å²) < 4.78 is 12.5. The van der Waals surface area contributed by atoms with Gasteiger partial charge in [-0.3, -0.25) is 10.0 Å². The van der Waals surface area contributed by atoms with Crippen molar-refractivity contribution >= 4 is 28.2 Å². The van der Waals surface area contributed by atoms with Crippen LogP contribution in [0.4, 0.5) is 5.69 Å². The molecule has 21 heavy (non-hydrogen) atoms. The quantitative estimate of drug-likeness (QED) is 0.894. The summed E-state index contributed by atoms with van der Waals surface area (Å²) in [7, 11) is -1.71. The molecule has 2 aromatic carbocycles. The van der Waals surface area contributed by atoms with Crippen molar-refractivity contribution in [2.45, 2.75) is 4.90 Å². The molecule has 2 N–H and O–H groups in total. The van der Waals surface area contributed by atoms with Gasteiger partial charge in [0.1, 0.15) is 0 Å². The Balaban J connectivity index is 1.96. The number of fused-ring (bicyclic) bond motifs is 1. The van der Waals surface area contributed by atoms with Gasteiger partial charge in [-0.2, -0.15) is 4.47 Å². The standard InChI is InChI=1S/C15H12N2O3S/c18-15(16-11-6-2-1-3-7-11)13-10-17(19)21(20)14-9-5-4-8-12(13)14/h1-10,19H,(H,16,18). The van der Waals surface area contributed by atoms with Crippen molar-refractivity contribution in [3.63, 3.8) is 0 Å². The van der Waals surface area contributed by atoms with Gasteiger partial charge in [0.2, 0.25) is 0 Å². The highest BCUT2D eigenvalue weighted by Crippen LogP contribution is 2.29. The van der Waals surface area contributed by atoms with Crippen LogP contribution in [0, 0.1) is 0 Å². The molecule has 0 fully saturated rings. The maximum absolute atomic E-state index is 12.4. The maximum atomic E-state index is 12.4. The minimum atomic E-state index is -1.71. The van der Waals surface area contributed by atoms with E-state index in [2.05, 4.69) is 5.32 Å². The molecule has 6 heteroatoms. The van der Waals surface area contributed by atoms with E-state index in [1.807, 2.05) is 18.2 Å². The fourth-order valence-electron chi connectivity index (χ4n) is 2.07. The lowest BCUT2D eigenvalue weighted by molar-refractivity contribution is -0.111. The third-order valence-corrected chi connectivity index (χ3v) is 4.23. The molecule has 2 aromatic rings. The Kier molecular flexibility index (Phi) is 3.55. The van der Waals surface area contributed by atoms with Crippen LogP contribution in [0.3, 0.4) is 0 Å². The molecule has 0 saturated heterocycles. The van der Waals surface area contributed by atoms with Gasteiger partial charge in [0, 0.05) is 11.3 Å². The van der Waals surface area contributed by atoms with E-state index in [0.717, 1.165) is 0 Å². The third kappa shape index (κ3) is 2.58. The maximum Gasteiger partial charge on any atom is 0.257 e. The summed E-state index contributed by atoms with van der Waals surface area (Å²) in [4.78, 5) is 12.8. The summed E-state index contributed by atoms with van der Waals surface area (Å²) in [6, 6.07) is 15.8. The summed E-state index contributed by atoms with van der Waals surface area (Å²) in [5.41, 5.74) is 1.46. The second kappa shape index (κ2) is 5.51. The van der Waals surface area contributed by atoms with Gasteiger partial charge in [0.05, 0.1) is 16.7 Å². The molecule has 1 aliphatic rings. The van der Waals surface area contributed by atoms with Crippen molar-refractivity contribution in [1.29, 1.82) is 0 Å². The van der Waals surface area contributed by atoms with Crippen LogP contribution < -0.4 is 5.32 Å². The number of hydroxylamine groups is 1. The lowest BCUT2D eigenvalue weighted by atomic mass is 10.1. The molecule has 0 bridgehead atoms. The molecule has 106 valence electrons. The zero-order chi connectivity index (χ0) is 14.8. The molecule has 0 saturated carbocycles. The van der Waals surface area contributed by atoms with E-state index in [0.29, 0.717) is 20.6 Å². The number of anilines is 1. The van der Waals surface area contributed by atoms with Crippen LogP contribution >= 0.6 is 0 Å². The lowest BCUT2D eigenvalue weighted by Crippen LogP contribution is -2.25. The number of amides is 1. The molecule has 0 aliphatic carbocycles. The normalized spacial score (nSPS) is 16.9. The Labute approximate surface area is 124 Å². The molecule has 1 unspecified atom stereocenters. The van der Waals surface area contributed by atoms with Crippen LogP contribution in [0.2, 0.25) is 0 Å². The Bertz CT molecular complexity index is 744. The molecule has 1 heterocycles. The van der Waals surface area contributed by atoms with Crippen molar-refractivity contribution in [2.24, 2.45) is 0 Å². The number of hydrogen-bond donors (Lipinski definition) is 2. The predicted molar refractivity (Wildman–Crippen MR) is 79.5 cm³/mol. The summed E-state index contributed by atoms with van der Waals surface area (Å²) in [5.74, 6) is -0.371. The van der Waals surface area contributed by atoms with E-state index in [-0.39, 0.29) is 11.5 Å². The predicted octanol–water partition coefficient (Wildman–Crippen LogP) is 2.39. The first-order valence-electron chi connectivity index (χ1n) is 6.24. The summed E-state index contributed by atoms with van der Waals surface area (Å²) in [5, 5.41) is 12.4. The highest BCUT2D eigenvalue weighted by atomic mass is 32.2. The van der Waals surface area contributed by atoms with Crippen LogP contribution in [0.25, 0.3) is 5.57 Å². The Morgan fingerprint density at radius 3 is 2.48 bits per heavy atom. The van der Waals surface area contributed by atoms with Crippen molar-refractivity contribution in [3.05, 3.63) is 66.4 Å². The van der Waals surface area contributed by atoms with Gasteiger partial charge < -0.3 is 5.32 Å². The van der Waals surface area contributed by atoms with Crippen LogP contribution in [-0.4, -0.2) is 19.8 Å². The molecule has 1 amide bonds. The van der Waals surface area contributed by atoms with E-state index in [1.165, 1.54) is 6.20 Å². The topological polar surface area (TPSA) is 69.6 Å². The molecule has 0 aromatic heterocycles. The largest absolute Gasteiger partial charge is 0.322 e. The van der Waals surface area contributed by atoms with Crippen molar-refractivity contribution in [1.82, 2.24) is 4.47 Å². The number of nitrogens with zero attached hydrogens (tertiary/aromatic N) is 1. The molecule has 1 aliphatic heterocycles. The summed E-state index contributed by atoms with van der Waals surface area (Å²) in [6.07, 6.45) is 1.18. The van der Waals surface area contributed by atoms with Gasteiger partial charge in [0.25, 0.3) is 5.91 Å². The Hall–Kier alpha value is -2.44. The smallest absolute Gasteiger partial charge is 0.257 e. The fraction of sp³-hybridized carbons (Fsp3) is 0. The van der Waals surface area contributed by atoms with Gasteiger partial charge in [-0.1, -0.05) is 36.4 Å². The second-order valence-electron chi connectivity index (χ2n) is 4.41. The van der Waals surface area contributed by atoms with Crippen LogP contribution in [0.5, 0.6) is 0 Å². The number of benzene rings is 2. The van der Waals surface area contributed by atoms with Crippen molar-refractivity contribution in [3.8, 4) is 0 Å². The van der Waals surface area contributed by atoms with E-state index >= 15 is 0 Å². The van der Waals surface area contributed by atoms with Crippen molar-refractivity contribution in [2.75, 3.05) is 5.32 Å². The molecule has 1 atom stereocenters. The van der Waals surface area contributed by atoms with Crippen LogP contribution in [0.15, 0.2) is 65.7 Å². The second-order valence-corrected chi connectivity index (χ2v) is 5.72. The number of para-hydroxylation sites is 1. The SMILES string of the molecule is O=C(Nc1ccccc1)C1=CN(O)S(=O)c2ccccc21. The van der Waals surface area contributed by atoms with Crippen molar-refractivity contribution < 1.29 is 14.2 Å². The average molecular weight is 300 g/mol. The summed E-state index contributed by atoms with van der Waals surface area (Å²) >= 11 is 0. The summed E-state index contributed by atoms with van der Waals surface area (Å²) in [6.45, 7) is 0.